The Morgan fingerprint density at radius 2 is 1.93 bits per heavy atom. The monoisotopic (exact) mass is 211 g/mol. The Hall–Kier alpha value is -1.09. The summed E-state index contributed by atoms with van der Waals surface area (Å²) in [6, 6.07) is 9.59. The molecular weight excluding hydrogens is 193 g/mol. The number of hydrogen-bond donors (Lipinski definition) is 1. The predicted molar refractivity (Wildman–Crippen MR) is 60.0 cm³/mol. The highest BCUT2D eigenvalue weighted by atomic mass is 19.1. The van der Waals surface area contributed by atoms with Crippen LogP contribution in [0.1, 0.15) is 13.8 Å². The van der Waals surface area contributed by atoms with Crippen molar-refractivity contribution in [1.29, 1.82) is 0 Å². The van der Waals surface area contributed by atoms with E-state index in [2.05, 4.69) is 5.32 Å². The summed E-state index contributed by atoms with van der Waals surface area (Å²) >= 11 is 0. The molecule has 3 heteroatoms. The van der Waals surface area contributed by atoms with Crippen molar-refractivity contribution in [3.63, 3.8) is 0 Å². The summed E-state index contributed by atoms with van der Waals surface area (Å²) in [7, 11) is 0. The molecule has 0 aliphatic rings. The van der Waals surface area contributed by atoms with Gasteiger partial charge in [0.25, 0.3) is 0 Å². The van der Waals surface area contributed by atoms with E-state index in [1.807, 2.05) is 44.2 Å². The summed E-state index contributed by atoms with van der Waals surface area (Å²) in [4.78, 5) is 0. The first kappa shape index (κ1) is 12.0. The van der Waals surface area contributed by atoms with Gasteiger partial charge in [0.05, 0.1) is 0 Å². The molecule has 0 saturated heterocycles. The fourth-order valence-electron chi connectivity index (χ4n) is 1.13. The number of alkyl halides is 1. The number of ether oxygens (including phenoxy) is 1. The molecule has 1 rings (SSSR count). The summed E-state index contributed by atoms with van der Waals surface area (Å²) in [6.45, 7) is 4.42. The van der Waals surface area contributed by atoms with Crippen LogP contribution in [0, 0.1) is 0 Å². The number of para-hydroxylation sites is 1. The van der Waals surface area contributed by atoms with E-state index >= 15 is 0 Å². The van der Waals surface area contributed by atoms with E-state index in [1.54, 1.807) is 0 Å². The molecule has 0 spiro atoms. The molecule has 1 aromatic rings. The van der Waals surface area contributed by atoms with Crippen molar-refractivity contribution in [3.8, 4) is 5.75 Å². The molecule has 2 nitrogen and oxygen atoms in total. The highest BCUT2D eigenvalue weighted by molar-refractivity contribution is 5.20. The minimum absolute atomic E-state index is 0.101. The Bertz CT molecular complexity index is 264. The van der Waals surface area contributed by atoms with Gasteiger partial charge in [-0.15, -0.1) is 0 Å². The smallest absolute Gasteiger partial charge is 0.146 e. The SMILES string of the molecule is CC(C)NC[C@@H](F)COc1ccccc1. The van der Waals surface area contributed by atoms with Gasteiger partial charge >= 0.3 is 0 Å². The van der Waals surface area contributed by atoms with Gasteiger partial charge in [0.15, 0.2) is 0 Å². The average molecular weight is 211 g/mol. The van der Waals surface area contributed by atoms with Crippen molar-refractivity contribution >= 4 is 0 Å². The van der Waals surface area contributed by atoms with Crippen LogP contribution in [0.15, 0.2) is 30.3 Å². The summed E-state index contributed by atoms with van der Waals surface area (Å²) in [6.07, 6.45) is -0.965. The maximum Gasteiger partial charge on any atom is 0.146 e. The van der Waals surface area contributed by atoms with E-state index in [0.717, 1.165) is 0 Å². The lowest BCUT2D eigenvalue weighted by Gasteiger charge is -2.13. The first-order chi connectivity index (χ1) is 7.18. The highest BCUT2D eigenvalue weighted by Crippen LogP contribution is 2.08. The van der Waals surface area contributed by atoms with E-state index in [0.29, 0.717) is 18.3 Å². The van der Waals surface area contributed by atoms with Gasteiger partial charge in [-0.1, -0.05) is 32.0 Å². The fraction of sp³-hybridized carbons (Fsp3) is 0.500. The Kier molecular flexibility index (Phi) is 5.12. The molecule has 0 amide bonds. The Morgan fingerprint density at radius 1 is 1.27 bits per heavy atom. The molecular formula is C12H18FNO. The molecule has 0 saturated carbocycles. The van der Waals surface area contributed by atoms with Crippen molar-refractivity contribution in [2.75, 3.05) is 13.2 Å². The van der Waals surface area contributed by atoms with Gasteiger partial charge in [0.1, 0.15) is 18.5 Å². The minimum atomic E-state index is -0.965. The van der Waals surface area contributed by atoms with Crippen LogP contribution in [0.25, 0.3) is 0 Å². The van der Waals surface area contributed by atoms with Gasteiger partial charge in [0, 0.05) is 12.6 Å². The quantitative estimate of drug-likeness (QED) is 0.780. The summed E-state index contributed by atoms with van der Waals surface area (Å²) < 4.78 is 18.5. The Balaban J connectivity index is 2.19. The van der Waals surface area contributed by atoms with E-state index in [-0.39, 0.29) is 6.61 Å². The molecule has 84 valence electrons. The molecule has 15 heavy (non-hydrogen) atoms. The molecule has 0 aliphatic heterocycles. The molecule has 1 aromatic carbocycles. The van der Waals surface area contributed by atoms with Gasteiger partial charge in [-0.3, -0.25) is 0 Å². The topological polar surface area (TPSA) is 21.3 Å². The summed E-state index contributed by atoms with van der Waals surface area (Å²) in [5, 5.41) is 3.03. The van der Waals surface area contributed by atoms with Crippen molar-refractivity contribution in [1.82, 2.24) is 5.32 Å². The van der Waals surface area contributed by atoms with Crippen LogP contribution in [0.2, 0.25) is 0 Å². The maximum absolute atomic E-state index is 13.3. The van der Waals surface area contributed by atoms with Crippen LogP contribution in [-0.4, -0.2) is 25.4 Å². The van der Waals surface area contributed by atoms with Gasteiger partial charge in [0.2, 0.25) is 0 Å². The molecule has 0 radical (unpaired) electrons. The van der Waals surface area contributed by atoms with E-state index in [9.17, 15) is 4.39 Å². The van der Waals surface area contributed by atoms with Gasteiger partial charge in [-0.05, 0) is 12.1 Å². The second-order valence-electron chi connectivity index (χ2n) is 3.78. The standard InChI is InChI=1S/C12H18FNO/c1-10(2)14-8-11(13)9-15-12-6-4-3-5-7-12/h3-7,10-11,14H,8-9H2,1-2H3/t11-/m1/s1. The van der Waals surface area contributed by atoms with Gasteiger partial charge in [-0.25, -0.2) is 4.39 Å². The Labute approximate surface area is 90.4 Å². The van der Waals surface area contributed by atoms with Crippen LogP contribution in [-0.2, 0) is 0 Å². The molecule has 0 aliphatic carbocycles. The van der Waals surface area contributed by atoms with Crippen molar-refractivity contribution in [2.24, 2.45) is 0 Å². The number of nitrogens with one attached hydrogen (secondary N) is 1. The van der Waals surface area contributed by atoms with E-state index < -0.39 is 6.17 Å². The second-order valence-corrected chi connectivity index (χ2v) is 3.78. The lowest BCUT2D eigenvalue weighted by Crippen LogP contribution is -2.32. The van der Waals surface area contributed by atoms with Crippen LogP contribution in [0.3, 0.4) is 0 Å². The molecule has 0 fully saturated rings. The molecule has 1 N–H and O–H groups in total. The van der Waals surface area contributed by atoms with Crippen LogP contribution in [0.4, 0.5) is 4.39 Å². The average Bonchev–Trinajstić information content (AvgIpc) is 2.25. The third-order valence-electron chi connectivity index (χ3n) is 1.92. The first-order valence-electron chi connectivity index (χ1n) is 5.24. The van der Waals surface area contributed by atoms with Crippen molar-refractivity contribution in [2.45, 2.75) is 26.1 Å². The van der Waals surface area contributed by atoms with Crippen LogP contribution in [0.5, 0.6) is 5.75 Å². The third kappa shape index (κ3) is 5.37. The zero-order valence-electron chi connectivity index (χ0n) is 9.24. The normalized spacial score (nSPS) is 12.8. The molecule has 1 atom stereocenters. The fourth-order valence-corrected chi connectivity index (χ4v) is 1.13. The van der Waals surface area contributed by atoms with Crippen LogP contribution < -0.4 is 10.1 Å². The lowest BCUT2D eigenvalue weighted by molar-refractivity contribution is 0.190. The largest absolute Gasteiger partial charge is 0.491 e. The summed E-state index contributed by atoms with van der Waals surface area (Å²) in [5.41, 5.74) is 0. The van der Waals surface area contributed by atoms with E-state index in [1.165, 1.54) is 0 Å². The molecule has 0 bridgehead atoms. The molecule has 0 aromatic heterocycles. The first-order valence-corrected chi connectivity index (χ1v) is 5.24. The van der Waals surface area contributed by atoms with Gasteiger partial charge < -0.3 is 10.1 Å². The number of halogens is 1. The van der Waals surface area contributed by atoms with Crippen molar-refractivity contribution in [3.05, 3.63) is 30.3 Å². The third-order valence-corrected chi connectivity index (χ3v) is 1.92. The molecule has 0 unspecified atom stereocenters. The number of hydrogen-bond acceptors (Lipinski definition) is 2. The zero-order valence-corrected chi connectivity index (χ0v) is 9.24. The number of rotatable bonds is 6. The highest BCUT2D eigenvalue weighted by Gasteiger charge is 2.07. The van der Waals surface area contributed by atoms with E-state index in [4.69, 9.17) is 4.74 Å². The number of benzene rings is 1. The Morgan fingerprint density at radius 3 is 2.53 bits per heavy atom. The van der Waals surface area contributed by atoms with Gasteiger partial charge in [-0.2, -0.15) is 0 Å². The maximum atomic E-state index is 13.3. The lowest BCUT2D eigenvalue weighted by atomic mass is 10.3. The summed E-state index contributed by atoms with van der Waals surface area (Å²) in [5.74, 6) is 0.713. The minimum Gasteiger partial charge on any atom is -0.491 e. The second kappa shape index (κ2) is 6.40. The molecule has 0 heterocycles. The van der Waals surface area contributed by atoms with Crippen molar-refractivity contribution < 1.29 is 9.13 Å². The zero-order chi connectivity index (χ0) is 11.1. The predicted octanol–water partition coefficient (Wildman–Crippen LogP) is 2.40. The van der Waals surface area contributed by atoms with Crippen LogP contribution >= 0.6 is 0 Å².